The summed E-state index contributed by atoms with van der Waals surface area (Å²) >= 11 is 0. The number of carbonyl (C=O) groups excluding carboxylic acids is 1. The van der Waals surface area contributed by atoms with Crippen molar-refractivity contribution in [3.63, 3.8) is 0 Å². The Morgan fingerprint density at radius 1 is 1.69 bits per heavy atom. The summed E-state index contributed by atoms with van der Waals surface area (Å²) in [5.74, 6) is 0.698. The lowest BCUT2D eigenvalue weighted by Gasteiger charge is -2.42. The molecule has 13 heavy (non-hydrogen) atoms. The molecule has 0 radical (unpaired) electrons. The number of allylic oxidation sites excluding steroid dienone is 2. The summed E-state index contributed by atoms with van der Waals surface area (Å²) in [7, 11) is 0. The van der Waals surface area contributed by atoms with E-state index < -0.39 is 0 Å². The quantitative estimate of drug-likeness (QED) is 0.469. The summed E-state index contributed by atoms with van der Waals surface area (Å²) in [5.41, 5.74) is 1.98. The van der Waals surface area contributed by atoms with Crippen molar-refractivity contribution in [2.75, 3.05) is 0 Å². The minimum absolute atomic E-state index is 0.365. The van der Waals surface area contributed by atoms with Gasteiger partial charge in [0.2, 0.25) is 0 Å². The van der Waals surface area contributed by atoms with Gasteiger partial charge >= 0.3 is 0 Å². The molecule has 2 unspecified atom stereocenters. The van der Waals surface area contributed by atoms with E-state index in [9.17, 15) is 4.79 Å². The van der Waals surface area contributed by atoms with E-state index in [-0.39, 0.29) is 0 Å². The van der Waals surface area contributed by atoms with E-state index in [1.807, 2.05) is 0 Å². The molecule has 0 aromatic heterocycles. The van der Waals surface area contributed by atoms with Gasteiger partial charge in [-0.15, -0.1) is 0 Å². The fourth-order valence-electron chi connectivity index (χ4n) is 3.24. The lowest BCUT2D eigenvalue weighted by Crippen LogP contribution is -2.31. The number of rotatable bonds is 2. The molecule has 1 nitrogen and oxygen atoms in total. The van der Waals surface area contributed by atoms with Gasteiger partial charge in [0.25, 0.3) is 0 Å². The van der Waals surface area contributed by atoms with Crippen LogP contribution in [0.4, 0.5) is 0 Å². The predicted octanol–water partition coefficient (Wildman–Crippen LogP) is 3.10. The van der Waals surface area contributed by atoms with Gasteiger partial charge in [0, 0.05) is 6.42 Å². The van der Waals surface area contributed by atoms with Crippen molar-refractivity contribution in [2.24, 2.45) is 11.3 Å². The molecule has 0 saturated heterocycles. The molecule has 0 N–H and O–H groups in total. The van der Waals surface area contributed by atoms with Crippen LogP contribution in [-0.4, -0.2) is 6.29 Å². The fraction of sp³-hybridized carbons (Fsp3) is 0.750. The highest BCUT2D eigenvalue weighted by molar-refractivity contribution is 5.51. The maximum atomic E-state index is 10.7. The first-order valence-electron chi connectivity index (χ1n) is 5.37. The third-order valence-electron chi connectivity index (χ3n) is 3.60. The van der Waals surface area contributed by atoms with Gasteiger partial charge in [0.05, 0.1) is 0 Å². The number of carbonyl (C=O) groups is 1. The van der Waals surface area contributed by atoms with Crippen molar-refractivity contribution in [3.8, 4) is 0 Å². The molecule has 0 aromatic rings. The van der Waals surface area contributed by atoms with Gasteiger partial charge in [-0.25, -0.2) is 0 Å². The van der Waals surface area contributed by atoms with Crippen LogP contribution in [-0.2, 0) is 4.79 Å². The summed E-state index contributed by atoms with van der Waals surface area (Å²) in [4.78, 5) is 10.7. The highest BCUT2D eigenvalue weighted by Gasteiger charge is 2.37. The normalized spacial score (nSPS) is 38.2. The van der Waals surface area contributed by atoms with Crippen LogP contribution in [0.3, 0.4) is 0 Å². The smallest absolute Gasteiger partial charge is 0.120 e. The number of hydrogen-bond acceptors (Lipinski definition) is 1. The maximum absolute atomic E-state index is 10.7. The van der Waals surface area contributed by atoms with E-state index in [1.165, 1.54) is 32.1 Å². The van der Waals surface area contributed by atoms with Crippen molar-refractivity contribution >= 4 is 6.29 Å². The maximum Gasteiger partial charge on any atom is 0.120 e. The van der Waals surface area contributed by atoms with Gasteiger partial charge in [0.15, 0.2) is 0 Å². The van der Waals surface area contributed by atoms with Crippen LogP contribution in [0.5, 0.6) is 0 Å². The lowest BCUT2D eigenvalue weighted by molar-refractivity contribution is -0.110. The van der Waals surface area contributed by atoms with E-state index in [2.05, 4.69) is 13.0 Å². The molecule has 1 saturated carbocycles. The SMILES string of the molecule is CC1C=C2CCCC(CC=O)(C2)C1. The van der Waals surface area contributed by atoms with E-state index in [0.29, 0.717) is 11.3 Å². The zero-order valence-electron chi connectivity index (χ0n) is 8.38. The van der Waals surface area contributed by atoms with Crippen molar-refractivity contribution in [1.29, 1.82) is 0 Å². The van der Waals surface area contributed by atoms with E-state index >= 15 is 0 Å². The Kier molecular flexibility index (Phi) is 2.27. The molecule has 1 heteroatoms. The van der Waals surface area contributed by atoms with Gasteiger partial charge in [-0.3, -0.25) is 0 Å². The first-order chi connectivity index (χ1) is 6.24. The Morgan fingerprint density at radius 3 is 3.31 bits per heavy atom. The molecule has 2 bridgehead atoms. The summed E-state index contributed by atoms with van der Waals surface area (Å²) in [5, 5.41) is 0. The molecule has 2 rings (SSSR count). The van der Waals surface area contributed by atoms with Crippen LogP contribution >= 0.6 is 0 Å². The standard InChI is InChI=1S/C12H18O/c1-10-7-11-3-2-4-12(8-10,9-11)5-6-13/h6-7,10H,2-5,8-9H2,1H3. The van der Waals surface area contributed by atoms with Gasteiger partial charge < -0.3 is 4.79 Å². The average molecular weight is 178 g/mol. The molecule has 1 fully saturated rings. The number of aldehydes is 1. The molecule has 0 heterocycles. The molecule has 0 spiro atoms. The second-order valence-electron chi connectivity index (χ2n) is 4.91. The Labute approximate surface area is 80.2 Å². The topological polar surface area (TPSA) is 17.1 Å². The molecular weight excluding hydrogens is 160 g/mol. The monoisotopic (exact) mass is 178 g/mol. The highest BCUT2D eigenvalue weighted by Crippen LogP contribution is 2.49. The van der Waals surface area contributed by atoms with Crippen molar-refractivity contribution in [2.45, 2.75) is 45.4 Å². The Hall–Kier alpha value is -0.590. The van der Waals surface area contributed by atoms with Gasteiger partial charge in [-0.2, -0.15) is 0 Å². The summed E-state index contributed by atoms with van der Waals surface area (Å²) in [6, 6.07) is 0. The van der Waals surface area contributed by atoms with Crippen LogP contribution < -0.4 is 0 Å². The van der Waals surface area contributed by atoms with Gasteiger partial charge in [0.1, 0.15) is 6.29 Å². The van der Waals surface area contributed by atoms with Crippen LogP contribution in [0, 0.1) is 11.3 Å². The first kappa shape index (κ1) is 8.98. The minimum atomic E-state index is 0.365. The summed E-state index contributed by atoms with van der Waals surface area (Å²) in [6.45, 7) is 2.28. The minimum Gasteiger partial charge on any atom is -0.303 e. The molecule has 72 valence electrons. The Bertz CT molecular complexity index is 242. The molecular formula is C12H18O. The lowest BCUT2D eigenvalue weighted by atomic mass is 9.62. The third-order valence-corrected chi connectivity index (χ3v) is 3.60. The van der Waals surface area contributed by atoms with E-state index in [0.717, 1.165) is 12.7 Å². The molecule has 2 atom stereocenters. The van der Waals surface area contributed by atoms with Crippen molar-refractivity contribution in [3.05, 3.63) is 11.6 Å². The van der Waals surface area contributed by atoms with Gasteiger partial charge in [-0.1, -0.05) is 18.6 Å². The van der Waals surface area contributed by atoms with Crippen LogP contribution in [0.25, 0.3) is 0 Å². The van der Waals surface area contributed by atoms with E-state index in [4.69, 9.17) is 0 Å². The van der Waals surface area contributed by atoms with E-state index in [1.54, 1.807) is 5.57 Å². The summed E-state index contributed by atoms with van der Waals surface area (Å²) in [6.07, 6.45) is 10.6. The first-order valence-corrected chi connectivity index (χ1v) is 5.37. The predicted molar refractivity (Wildman–Crippen MR) is 53.4 cm³/mol. The van der Waals surface area contributed by atoms with Gasteiger partial charge in [-0.05, 0) is 43.4 Å². The zero-order chi connectivity index (χ0) is 9.31. The van der Waals surface area contributed by atoms with Crippen molar-refractivity contribution < 1.29 is 4.79 Å². The van der Waals surface area contributed by atoms with Crippen LogP contribution in [0.15, 0.2) is 11.6 Å². The average Bonchev–Trinajstić information content (AvgIpc) is 2.02. The molecule has 2 aliphatic rings. The molecule has 2 aliphatic carbocycles. The fourth-order valence-corrected chi connectivity index (χ4v) is 3.24. The zero-order valence-corrected chi connectivity index (χ0v) is 8.38. The Balaban J connectivity index is 2.20. The second kappa shape index (κ2) is 3.28. The summed E-state index contributed by atoms with van der Waals surface area (Å²) < 4.78 is 0. The van der Waals surface area contributed by atoms with Crippen LogP contribution in [0.2, 0.25) is 0 Å². The van der Waals surface area contributed by atoms with Crippen molar-refractivity contribution in [1.82, 2.24) is 0 Å². The molecule has 0 aromatic carbocycles. The third kappa shape index (κ3) is 1.70. The molecule has 0 amide bonds. The van der Waals surface area contributed by atoms with Crippen LogP contribution in [0.1, 0.15) is 45.4 Å². The highest BCUT2D eigenvalue weighted by atomic mass is 16.1. The molecule has 0 aliphatic heterocycles. The largest absolute Gasteiger partial charge is 0.303 e. The Morgan fingerprint density at radius 2 is 2.54 bits per heavy atom. The number of hydrogen-bond donors (Lipinski definition) is 0. The number of fused-ring (bicyclic) bond motifs is 2. The second-order valence-corrected chi connectivity index (χ2v) is 4.91.